The molecule has 1 amide bonds. The molecule has 4 heteroatoms. The Morgan fingerprint density at radius 2 is 2.06 bits per heavy atom. The van der Waals surface area contributed by atoms with Crippen LogP contribution in [0, 0.1) is 11.3 Å². The zero-order valence-corrected chi connectivity index (χ0v) is 10.7. The topological polar surface area (TPSA) is 66.6 Å². The number of β-amino-alcohol motifs (C(OH)–C–C–N with tert-alkyl or cyclic N) is 1. The van der Waals surface area contributed by atoms with Crippen molar-refractivity contribution in [3.63, 3.8) is 0 Å². The fraction of sp³-hybridized carbons (Fsp3) is 0.917. The highest BCUT2D eigenvalue weighted by Gasteiger charge is 2.35. The van der Waals surface area contributed by atoms with Gasteiger partial charge in [-0.05, 0) is 17.8 Å². The van der Waals surface area contributed by atoms with Crippen LogP contribution in [-0.4, -0.2) is 41.1 Å². The lowest BCUT2D eigenvalue weighted by atomic mass is 9.82. The molecule has 1 aliphatic heterocycles. The number of nitrogens with two attached hydrogens (primary N) is 1. The van der Waals surface area contributed by atoms with Crippen molar-refractivity contribution in [3.8, 4) is 0 Å². The molecular formula is C12H24N2O2. The van der Waals surface area contributed by atoms with E-state index in [9.17, 15) is 9.90 Å². The summed E-state index contributed by atoms with van der Waals surface area (Å²) in [6.07, 6.45) is 0.320. The van der Waals surface area contributed by atoms with Crippen LogP contribution < -0.4 is 5.73 Å². The van der Waals surface area contributed by atoms with Gasteiger partial charge in [0.25, 0.3) is 0 Å². The average molecular weight is 228 g/mol. The summed E-state index contributed by atoms with van der Waals surface area (Å²) >= 11 is 0. The number of carbonyl (C=O) groups is 1. The van der Waals surface area contributed by atoms with Gasteiger partial charge in [0, 0.05) is 13.1 Å². The summed E-state index contributed by atoms with van der Waals surface area (Å²) in [7, 11) is 0. The highest BCUT2D eigenvalue weighted by atomic mass is 16.3. The quantitative estimate of drug-likeness (QED) is 0.727. The lowest BCUT2D eigenvalue weighted by Gasteiger charge is -2.41. The molecule has 0 unspecified atom stereocenters. The van der Waals surface area contributed by atoms with Gasteiger partial charge in [0.2, 0.25) is 5.91 Å². The van der Waals surface area contributed by atoms with E-state index in [1.54, 1.807) is 4.90 Å². The molecule has 0 radical (unpaired) electrons. The largest absolute Gasteiger partial charge is 0.391 e. The standard InChI is InChI=1S/C12H24N2O2/c1-8(2)10(13)11(16)14-6-9(15)5-12(3,4)7-14/h8-10,15H,5-7,13H2,1-4H3/t9-,10-/m1/s1. The molecule has 0 bridgehead atoms. The van der Waals surface area contributed by atoms with Crippen molar-refractivity contribution in [3.05, 3.63) is 0 Å². The minimum atomic E-state index is -0.457. The van der Waals surface area contributed by atoms with Crippen molar-refractivity contribution in [1.82, 2.24) is 4.90 Å². The van der Waals surface area contributed by atoms with E-state index in [1.807, 2.05) is 13.8 Å². The number of aliphatic hydroxyl groups excluding tert-OH is 1. The highest BCUT2D eigenvalue weighted by molar-refractivity contribution is 5.82. The first kappa shape index (κ1) is 13.5. The molecule has 2 atom stereocenters. The van der Waals surface area contributed by atoms with Crippen molar-refractivity contribution in [2.45, 2.75) is 46.3 Å². The summed E-state index contributed by atoms with van der Waals surface area (Å²) in [4.78, 5) is 13.8. The van der Waals surface area contributed by atoms with Gasteiger partial charge in [-0.15, -0.1) is 0 Å². The number of hydrogen-bond donors (Lipinski definition) is 2. The first-order valence-corrected chi connectivity index (χ1v) is 5.95. The molecule has 4 nitrogen and oxygen atoms in total. The van der Waals surface area contributed by atoms with Crippen LogP contribution in [-0.2, 0) is 4.79 Å². The Bertz CT molecular complexity index is 264. The van der Waals surface area contributed by atoms with E-state index in [0.29, 0.717) is 13.1 Å². The van der Waals surface area contributed by atoms with Gasteiger partial charge in [-0.1, -0.05) is 27.7 Å². The second-order valence-electron chi connectivity index (χ2n) is 6.01. The molecule has 94 valence electrons. The Hall–Kier alpha value is -0.610. The van der Waals surface area contributed by atoms with Gasteiger partial charge in [0.05, 0.1) is 12.1 Å². The Labute approximate surface area is 97.8 Å². The van der Waals surface area contributed by atoms with Crippen LogP contribution in [0.1, 0.15) is 34.1 Å². The molecule has 0 aromatic rings. The Kier molecular flexibility index (Phi) is 3.97. The van der Waals surface area contributed by atoms with Gasteiger partial charge in [0.15, 0.2) is 0 Å². The van der Waals surface area contributed by atoms with E-state index < -0.39 is 12.1 Å². The number of rotatable bonds is 2. The maximum atomic E-state index is 12.1. The Balaban J connectivity index is 2.69. The predicted molar refractivity (Wildman–Crippen MR) is 63.8 cm³/mol. The molecular weight excluding hydrogens is 204 g/mol. The van der Waals surface area contributed by atoms with E-state index in [0.717, 1.165) is 6.42 Å². The molecule has 1 fully saturated rings. The fourth-order valence-electron chi connectivity index (χ4n) is 2.27. The fourth-order valence-corrected chi connectivity index (χ4v) is 2.27. The van der Waals surface area contributed by atoms with Crippen molar-refractivity contribution in [2.75, 3.05) is 13.1 Å². The molecule has 0 aliphatic carbocycles. The molecule has 0 aromatic carbocycles. The summed E-state index contributed by atoms with van der Waals surface area (Å²) in [6.45, 7) is 9.11. The van der Waals surface area contributed by atoms with Crippen LogP contribution in [0.5, 0.6) is 0 Å². The van der Waals surface area contributed by atoms with Gasteiger partial charge >= 0.3 is 0 Å². The van der Waals surface area contributed by atoms with Gasteiger partial charge in [-0.3, -0.25) is 4.79 Å². The van der Waals surface area contributed by atoms with Gasteiger partial charge in [0.1, 0.15) is 0 Å². The molecule has 1 rings (SSSR count). The monoisotopic (exact) mass is 228 g/mol. The molecule has 1 heterocycles. The molecule has 0 aromatic heterocycles. The molecule has 16 heavy (non-hydrogen) atoms. The van der Waals surface area contributed by atoms with Crippen LogP contribution in [0.15, 0.2) is 0 Å². The number of likely N-dealkylation sites (tertiary alicyclic amines) is 1. The number of amides is 1. The lowest BCUT2D eigenvalue weighted by molar-refractivity contribution is -0.140. The second-order valence-corrected chi connectivity index (χ2v) is 6.01. The van der Waals surface area contributed by atoms with Crippen molar-refractivity contribution < 1.29 is 9.90 Å². The van der Waals surface area contributed by atoms with Crippen LogP contribution in [0.25, 0.3) is 0 Å². The normalized spacial score (nSPS) is 26.9. The van der Waals surface area contributed by atoms with Crippen molar-refractivity contribution in [2.24, 2.45) is 17.1 Å². The number of hydrogen-bond acceptors (Lipinski definition) is 3. The lowest BCUT2D eigenvalue weighted by Crippen LogP contribution is -2.55. The number of carbonyl (C=O) groups excluding carboxylic acids is 1. The summed E-state index contributed by atoms with van der Waals surface area (Å²) in [6, 6.07) is -0.457. The van der Waals surface area contributed by atoms with E-state index >= 15 is 0 Å². The van der Waals surface area contributed by atoms with E-state index in [2.05, 4.69) is 13.8 Å². The highest BCUT2D eigenvalue weighted by Crippen LogP contribution is 2.29. The maximum Gasteiger partial charge on any atom is 0.239 e. The first-order valence-electron chi connectivity index (χ1n) is 5.95. The Morgan fingerprint density at radius 1 is 1.50 bits per heavy atom. The minimum absolute atomic E-state index is 0.0238. The second kappa shape index (κ2) is 4.72. The Morgan fingerprint density at radius 3 is 2.50 bits per heavy atom. The molecule has 1 aliphatic rings. The third-order valence-corrected chi connectivity index (χ3v) is 3.15. The third kappa shape index (κ3) is 3.19. The van der Waals surface area contributed by atoms with Crippen LogP contribution in [0.2, 0.25) is 0 Å². The van der Waals surface area contributed by atoms with Crippen LogP contribution in [0.4, 0.5) is 0 Å². The smallest absolute Gasteiger partial charge is 0.239 e. The molecule has 0 saturated carbocycles. The van der Waals surface area contributed by atoms with E-state index in [-0.39, 0.29) is 17.2 Å². The summed E-state index contributed by atoms with van der Waals surface area (Å²) < 4.78 is 0. The van der Waals surface area contributed by atoms with Crippen molar-refractivity contribution in [1.29, 1.82) is 0 Å². The van der Waals surface area contributed by atoms with Crippen molar-refractivity contribution >= 4 is 5.91 Å². The zero-order chi connectivity index (χ0) is 12.5. The summed E-state index contributed by atoms with van der Waals surface area (Å²) in [5.41, 5.74) is 5.83. The number of nitrogens with zero attached hydrogens (tertiary/aromatic N) is 1. The SMILES string of the molecule is CC(C)[C@@H](N)C(=O)N1C[C@H](O)CC(C)(C)C1. The molecule has 1 saturated heterocycles. The molecule has 0 spiro atoms. The predicted octanol–water partition coefficient (Wildman–Crippen LogP) is 0.589. The van der Waals surface area contributed by atoms with Crippen LogP contribution >= 0.6 is 0 Å². The average Bonchev–Trinajstić information content (AvgIpc) is 2.12. The zero-order valence-electron chi connectivity index (χ0n) is 10.7. The summed E-state index contributed by atoms with van der Waals surface area (Å²) in [5, 5.41) is 9.75. The van der Waals surface area contributed by atoms with Gasteiger partial charge in [-0.2, -0.15) is 0 Å². The van der Waals surface area contributed by atoms with Crippen LogP contribution in [0.3, 0.4) is 0 Å². The van der Waals surface area contributed by atoms with E-state index in [4.69, 9.17) is 5.73 Å². The number of piperidine rings is 1. The minimum Gasteiger partial charge on any atom is -0.391 e. The van der Waals surface area contributed by atoms with E-state index in [1.165, 1.54) is 0 Å². The first-order chi connectivity index (χ1) is 7.23. The van der Waals surface area contributed by atoms with Gasteiger partial charge < -0.3 is 15.7 Å². The summed E-state index contributed by atoms with van der Waals surface area (Å²) in [5.74, 6) is 0.0940. The molecule has 3 N–H and O–H groups in total. The third-order valence-electron chi connectivity index (χ3n) is 3.15. The van der Waals surface area contributed by atoms with Gasteiger partial charge in [-0.25, -0.2) is 0 Å². The number of aliphatic hydroxyl groups is 1. The maximum absolute atomic E-state index is 12.1.